The van der Waals surface area contributed by atoms with Gasteiger partial charge in [-0.25, -0.2) is 4.79 Å². The standard InChI is InChI=1S/C22H31N3O3/c1-16-5-6-18(13-17(16)2)23-21(27)25-14-19(20(26)24-9-3-4-10-24)22(15-25)7-11-28-12-8-22/h5-6,13,19H,3-4,7-12,14-15H2,1-2H3,(H,23,27). The van der Waals surface area contributed by atoms with E-state index in [0.29, 0.717) is 26.3 Å². The molecule has 0 bridgehead atoms. The van der Waals surface area contributed by atoms with E-state index in [1.165, 1.54) is 5.56 Å². The Morgan fingerprint density at radius 2 is 1.79 bits per heavy atom. The molecule has 6 nitrogen and oxygen atoms in total. The number of aryl methyl sites for hydroxylation is 2. The summed E-state index contributed by atoms with van der Waals surface area (Å²) in [7, 11) is 0. The van der Waals surface area contributed by atoms with Gasteiger partial charge in [-0.3, -0.25) is 4.79 Å². The lowest BCUT2D eigenvalue weighted by atomic mass is 9.71. The SMILES string of the molecule is Cc1ccc(NC(=O)N2CC(C(=O)N3CCCC3)C3(CCOCC3)C2)cc1C. The number of likely N-dealkylation sites (tertiary alicyclic amines) is 2. The van der Waals surface area contributed by atoms with Gasteiger partial charge in [0, 0.05) is 50.5 Å². The summed E-state index contributed by atoms with van der Waals surface area (Å²) in [5, 5.41) is 3.03. The van der Waals surface area contributed by atoms with Crippen LogP contribution in [-0.4, -0.2) is 61.1 Å². The average Bonchev–Trinajstić information content (AvgIpc) is 3.34. The van der Waals surface area contributed by atoms with Crippen LogP contribution in [0.4, 0.5) is 10.5 Å². The summed E-state index contributed by atoms with van der Waals surface area (Å²) in [5.74, 6) is 0.126. The van der Waals surface area contributed by atoms with Gasteiger partial charge in [-0.15, -0.1) is 0 Å². The number of carbonyl (C=O) groups excluding carboxylic acids is 2. The normalized spacial score (nSPS) is 24.0. The summed E-state index contributed by atoms with van der Waals surface area (Å²) in [5.41, 5.74) is 3.03. The van der Waals surface area contributed by atoms with E-state index in [-0.39, 0.29) is 23.3 Å². The molecule has 0 aliphatic carbocycles. The summed E-state index contributed by atoms with van der Waals surface area (Å²) in [6.07, 6.45) is 3.88. The highest BCUT2D eigenvalue weighted by atomic mass is 16.5. The van der Waals surface area contributed by atoms with E-state index < -0.39 is 0 Å². The average molecular weight is 386 g/mol. The first-order valence-electron chi connectivity index (χ1n) is 10.5. The molecule has 152 valence electrons. The highest BCUT2D eigenvalue weighted by Crippen LogP contribution is 2.45. The van der Waals surface area contributed by atoms with Gasteiger partial charge in [-0.05, 0) is 62.8 Å². The number of hydrogen-bond acceptors (Lipinski definition) is 3. The fourth-order valence-corrected chi connectivity index (χ4v) is 4.93. The molecule has 6 heteroatoms. The van der Waals surface area contributed by atoms with Crippen molar-refractivity contribution in [2.75, 3.05) is 44.7 Å². The van der Waals surface area contributed by atoms with Crippen molar-refractivity contribution in [1.29, 1.82) is 0 Å². The molecule has 3 fully saturated rings. The molecule has 1 aromatic rings. The van der Waals surface area contributed by atoms with Crippen LogP contribution < -0.4 is 5.32 Å². The third-order valence-electron chi connectivity index (χ3n) is 6.90. The van der Waals surface area contributed by atoms with E-state index in [1.54, 1.807) is 0 Å². The Morgan fingerprint density at radius 3 is 2.46 bits per heavy atom. The van der Waals surface area contributed by atoms with Crippen molar-refractivity contribution in [3.63, 3.8) is 0 Å². The minimum Gasteiger partial charge on any atom is -0.381 e. The molecule has 3 amide bonds. The van der Waals surface area contributed by atoms with Crippen LogP contribution in [0.5, 0.6) is 0 Å². The molecule has 1 atom stereocenters. The van der Waals surface area contributed by atoms with E-state index in [9.17, 15) is 9.59 Å². The van der Waals surface area contributed by atoms with Gasteiger partial charge in [0.15, 0.2) is 0 Å². The molecule has 1 aromatic carbocycles. The maximum atomic E-state index is 13.3. The van der Waals surface area contributed by atoms with Crippen molar-refractivity contribution in [3.05, 3.63) is 29.3 Å². The highest BCUT2D eigenvalue weighted by Gasteiger charge is 2.52. The lowest BCUT2D eigenvalue weighted by Gasteiger charge is -2.38. The smallest absolute Gasteiger partial charge is 0.321 e. The Morgan fingerprint density at radius 1 is 1.07 bits per heavy atom. The van der Waals surface area contributed by atoms with Gasteiger partial charge in [-0.2, -0.15) is 0 Å². The van der Waals surface area contributed by atoms with E-state index in [4.69, 9.17) is 4.74 Å². The highest BCUT2D eigenvalue weighted by molar-refractivity contribution is 5.91. The van der Waals surface area contributed by atoms with Crippen molar-refractivity contribution in [3.8, 4) is 0 Å². The molecular formula is C22H31N3O3. The monoisotopic (exact) mass is 385 g/mol. The number of nitrogens with one attached hydrogen (secondary N) is 1. The van der Waals surface area contributed by atoms with Crippen molar-refractivity contribution in [1.82, 2.24) is 9.80 Å². The van der Waals surface area contributed by atoms with Crippen molar-refractivity contribution >= 4 is 17.6 Å². The lowest BCUT2D eigenvalue weighted by molar-refractivity contribution is -0.139. The third kappa shape index (κ3) is 3.62. The third-order valence-corrected chi connectivity index (χ3v) is 6.90. The van der Waals surface area contributed by atoms with Crippen LogP contribution >= 0.6 is 0 Å². The van der Waals surface area contributed by atoms with Crippen LogP contribution in [0.2, 0.25) is 0 Å². The Kier molecular flexibility index (Phi) is 5.32. The number of nitrogens with zero attached hydrogens (tertiary/aromatic N) is 2. The molecule has 0 radical (unpaired) electrons. The molecule has 0 saturated carbocycles. The Labute approximate surface area is 167 Å². The van der Waals surface area contributed by atoms with Crippen molar-refractivity contribution in [2.45, 2.75) is 39.5 Å². The van der Waals surface area contributed by atoms with E-state index in [1.807, 2.05) is 34.9 Å². The van der Waals surface area contributed by atoms with Crippen molar-refractivity contribution < 1.29 is 14.3 Å². The van der Waals surface area contributed by atoms with Gasteiger partial charge in [0.2, 0.25) is 5.91 Å². The minimum absolute atomic E-state index is 0.106. The predicted molar refractivity (Wildman–Crippen MR) is 108 cm³/mol. The molecule has 3 heterocycles. The fourth-order valence-electron chi connectivity index (χ4n) is 4.93. The number of hydrogen-bond donors (Lipinski definition) is 1. The van der Waals surface area contributed by atoms with Gasteiger partial charge in [0.1, 0.15) is 0 Å². The molecule has 3 aliphatic rings. The van der Waals surface area contributed by atoms with Gasteiger partial charge < -0.3 is 19.9 Å². The summed E-state index contributed by atoms with van der Waals surface area (Å²) in [6.45, 7) is 8.32. The molecule has 1 N–H and O–H groups in total. The van der Waals surface area contributed by atoms with Crippen LogP contribution in [0.25, 0.3) is 0 Å². The zero-order valence-electron chi connectivity index (χ0n) is 17.0. The van der Waals surface area contributed by atoms with E-state index in [0.717, 1.165) is 50.0 Å². The van der Waals surface area contributed by atoms with Crippen LogP contribution in [0, 0.1) is 25.2 Å². The fraction of sp³-hybridized carbons (Fsp3) is 0.636. The number of urea groups is 1. The van der Waals surface area contributed by atoms with Gasteiger partial charge >= 0.3 is 6.03 Å². The Bertz CT molecular complexity index is 751. The van der Waals surface area contributed by atoms with Crippen LogP contribution in [0.3, 0.4) is 0 Å². The van der Waals surface area contributed by atoms with Crippen LogP contribution in [0.15, 0.2) is 18.2 Å². The Hall–Kier alpha value is -2.08. The van der Waals surface area contributed by atoms with Gasteiger partial charge in [-0.1, -0.05) is 6.07 Å². The molecule has 4 rings (SSSR count). The summed E-state index contributed by atoms with van der Waals surface area (Å²) in [6, 6.07) is 5.85. The molecule has 28 heavy (non-hydrogen) atoms. The molecule has 3 aliphatic heterocycles. The van der Waals surface area contributed by atoms with Crippen LogP contribution in [0.1, 0.15) is 36.8 Å². The zero-order chi connectivity index (χ0) is 19.7. The summed E-state index contributed by atoms with van der Waals surface area (Å²) in [4.78, 5) is 30.1. The van der Waals surface area contributed by atoms with Crippen molar-refractivity contribution in [2.24, 2.45) is 11.3 Å². The quantitative estimate of drug-likeness (QED) is 0.850. The molecule has 1 spiro atoms. The molecule has 1 unspecified atom stereocenters. The first kappa shape index (κ1) is 19.2. The maximum Gasteiger partial charge on any atom is 0.321 e. The van der Waals surface area contributed by atoms with E-state index >= 15 is 0 Å². The number of benzene rings is 1. The first-order valence-corrected chi connectivity index (χ1v) is 10.5. The number of anilines is 1. The lowest BCUT2D eigenvalue weighted by Crippen LogP contribution is -2.45. The van der Waals surface area contributed by atoms with Gasteiger partial charge in [0.05, 0.1) is 5.92 Å². The second kappa shape index (κ2) is 7.74. The maximum absolute atomic E-state index is 13.3. The second-order valence-electron chi connectivity index (χ2n) is 8.67. The number of carbonyl (C=O) groups is 2. The first-order chi connectivity index (χ1) is 13.5. The summed E-state index contributed by atoms with van der Waals surface area (Å²) < 4.78 is 5.58. The number of ether oxygens (including phenoxy) is 1. The second-order valence-corrected chi connectivity index (χ2v) is 8.67. The predicted octanol–water partition coefficient (Wildman–Crippen LogP) is 3.19. The molecule has 3 saturated heterocycles. The number of rotatable bonds is 2. The number of amides is 3. The van der Waals surface area contributed by atoms with E-state index in [2.05, 4.69) is 12.2 Å². The topological polar surface area (TPSA) is 61.9 Å². The largest absolute Gasteiger partial charge is 0.381 e. The van der Waals surface area contributed by atoms with Crippen LogP contribution in [-0.2, 0) is 9.53 Å². The molecular weight excluding hydrogens is 354 g/mol. The Balaban J connectivity index is 1.50. The van der Waals surface area contributed by atoms with Gasteiger partial charge in [0.25, 0.3) is 0 Å². The summed E-state index contributed by atoms with van der Waals surface area (Å²) >= 11 is 0. The minimum atomic E-state index is -0.140. The molecule has 0 aromatic heterocycles. The zero-order valence-corrected chi connectivity index (χ0v) is 17.0.